The Bertz CT molecular complexity index is 214. The van der Waals surface area contributed by atoms with Crippen molar-refractivity contribution in [3.63, 3.8) is 0 Å². The largest absolute Gasteiger partial charge is 0.444 e. The molecule has 0 saturated heterocycles. The highest BCUT2D eigenvalue weighted by atomic mass is 16.6. The van der Waals surface area contributed by atoms with Gasteiger partial charge in [0, 0.05) is 6.54 Å². The standard InChI is InChI=1S/C13H25NO2/c1-13(2,3)16-12(15)14-10-6-9-11-7-4-5-8-11/h11H,4-10H2,1-3H3,(H,14,15). The van der Waals surface area contributed by atoms with Gasteiger partial charge in [0.25, 0.3) is 0 Å². The van der Waals surface area contributed by atoms with Gasteiger partial charge in [0.15, 0.2) is 0 Å². The van der Waals surface area contributed by atoms with E-state index in [2.05, 4.69) is 5.32 Å². The number of nitrogens with one attached hydrogen (secondary N) is 1. The summed E-state index contributed by atoms with van der Waals surface area (Å²) in [4.78, 5) is 11.3. The van der Waals surface area contributed by atoms with E-state index in [1.807, 2.05) is 20.8 Å². The molecule has 3 nitrogen and oxygen atoms in total. The lowest BCUT2D eigenvalue weighted by Crippen LogP contribution is -2.33. The summed E-state index contributed by atoms with van der Waals surface area (Å²) >= 11 is 0. The Morgan fingerprint density at radius 2 is 1.94 bits per heavy atom. The van der Waals surface area contributed by atoms with Crippen molar-refractivity contribution >= 4 is 6.09 Å². The minimum atomic E-state index is -0.393. The first-order chi connectivity index (χ1) is 7.47. The van der Waals surface area contributed by atoms with Crippen LogP contribution in [0.1, 0.15) is 59.3 Å². The SMILES string of the molecule is CC(C)(C)OC(=O)NCCCC1CCCC1. The monoisotopic (exact) mass is 227 g/mol. The van der Waals surface area contributed by atoms with Gasteiger partial charge in [-0.2, -0.15) is 0 Å². The molecule has 1 aliphatic rings. The molecule has 1 N–H and O–H groups in total. The quantitative estimate of drug-likeness (QED) is 0.747. The molecule has 1 fully saturated rings. The molecule has 0 aliphatic heterocycles. The predicted molar refractivity (Wildman–Crippen MR) is 65.4 cm³/mol. The molecule has 0 bridgehead atoms. The van der Waals surface area contributed by atoms with Crippen molar-refractivity contribution in [1.82, 2.24) is 5.32 Å². The van der Waals surface area contributed by atoms with E-state index in [4.69, 9.17) is 4.74 Å². The summed E-state index contributed by atoms with van der Waals surface area (Å²) in [6, 6.07) is 0. The fourth-order valence-corrected chi connectivity index (χ4v) is 2.19. The summed E-state index contributed by atoms with van der Waals surface area (Å²) in [5.74, 6) is 0.903. The number of carbonyl (C=O) groups excluding carboxylic acids is 1. The third kappa shape index (κ3) is 5.99. The number of alkyl carbamates (subject to hydrolysis) is 1. The molecule has 0 spiro atoms. The summed E-state index contributed by atoms with van der Waals surface area (Å²) in [7, 11) is 0. The number of amides is 1. The summed E-state index contributed by atoms with van der Waals surface area (Å²) in [5, 5.41) is 2.80. The zero-order chi connectivity index (χ0) is 12.0. The van der Waals surface area contributed by atoms with Crippen LogP contribution in [0.5, 0.6) is 0 Å². The molecule has 0 heterocycles. The van der Waals surface area contributed by atoms with Crippen LogP contribution in [-0.2, 0) is 4.74 Å². The van der Waals surface area contributed by atoms with Crippen LogP contribution < -0.4 is 5.32 Å². The molecule has 0 unspecified atom stereocenters. The van der Waals surface area contributed by atoms with E-state index in [0.717, 1.165) is 18.9 Å². The maximum atomic E-state index is 11.3. The smallest absolute Gasteiger partial charge is 0.407 e. The Morgan fingerprint density at radius 1 is 1.31 bits per heavy atom. The van der Waals surface area contributed by atoms with Crippen molar-refractivity contribution in [2.75, 3.05) is 6.54 Å². The van der Waals surface area contributed by atoms with E-state index >= 15 is 0 Å². The first-order valence-corrected chi connectivity index (χ1v) is 6.44. The molecule has 94 valence electrons. The summed E-state index contributed by atoms with van der Waals surface area (Å²) in [5.41, 5.74) is -0.393. The van der Waals surface area contributed by atoms with E-state index in [-0.39, 0.29) is 6.09 Å². The lowest BCUT2D eigenvalue weighted by atomic mass is 10.0. The molecule has 3 heteroatoms. The van der Waals surface area contributed by atoms with E-state index in [9.17, 15) is 4.79 Å². The van der Waals surface area contributed by atoms with Crippen LogP contribution in [0, 0.1) is 5.92 Å². The van der Waals surface area contributed by atoms with Gasteiger partial charge >= 0.3 is 6.09 Å². The molecule has 1 saturated carbocycles. The van der Waals surface area contributed by atoms with Crippen LogP contribution in [0.2, 0.25) is 0 Å². The highest BCUT2D eigenvalue weighted by Crippen LogP contribution is 2.28. The zero-order valence-corrected chi connectivity index (χ0v) is 10.8. The molecule has 0 aromatic heterocycles. The van der Waals surface area contributed by atoms with Gasteiger partial charge in [0.1, 0.15) is 5.60 Å². The molecule has 0 aromatic carbocycles. The van der Waals surface area contributed by atoms with Crippen LogP contribution in [0.3, 0.4) is 0 Å². The molecule has 0 atom stereocenters. The number of ether oxygens (including phenoxy) is 1. The van der Waals surface area contributed by atoms with Crippen molar-refractivity contribution in [3.05, 3.63) is 0 Å². The van der Waals surface area contributed by atoms with Crippen molar-refractivity contribution in [2.24, 2.45) is 5.92 Å². The van der Waals surface area contributed by atoms with Crippen molar-refractivity contribution in [3.8, 4) is 0 Å². The fraction of sp³-hybridized carbons (Fsp3) is 0.923. The first-order valence-electron chi connectivity index (χ1n) is 6.44. The Kier molecular flexibility index (Phi) is 5.10. The Morgan fingerprint density at radius 3 is 2.50 bits per heavy atom. The highest BCUT2D eigenvalue weighted by Gasteiger charge is 2.16. The van der Waals surface area contributed by atoms with Crippen molar-refractivity contribution < 1.29 is 9.53 Å². The molecule has 0 radical (unpaired) electrons. The maximum Gasteiger partial charge on any atom is 0.407 e. The molecule has 16 heavy (non-hydrogen) atoms. The molecule has 1 rings (SSSR count). The number of rotatable bonds is 4. The summed E-state index contributed by atoms with van der Waals surface area (Å²) < 4.78 is 5.16. The Labute approximate surface area is 98.9 Å². The van der Waals surface area contributed by atoms with E-state index in [1.165, 1.54) is 32.1 Å². The van der Waals surface area contributed by atoms with Crippen LogP contribution in [0.4, 0.5) is 4.79 Å². The van der Waals surface area contributed by atoms with Crippen LogP contribution in [0.25, 0.3) is 0 Å². The van der Waals surface area contributed by atoms with Crippen LogP contribution in [0.15, 0.2) is 0 Å². The third-order valence-electron chi connectivity index (χ3n) is 2.93. The molecular formula is C13H25NO2. The first kappa shape index (κ1) is 13.3. The topological polar surface area (TPSA) is 38.3 Å². The van der Waals surface area contributed by atoms with Gasteiger partial charge in [-0.25, -0.2) is 4.79 Å². The predicted octanol–water partition coefficient (Wildman–Crippen LogP) is 3.48. The zero-order valence-electron chi connectivity index (χ0n) is 10.8. The third-order valence-corrected chi connectivity index (χ3v) is 2.93. The van der Waals surface area contributed by atoms with Crippen LogP contribution >= 0.6 is 0 Å². The van der Waals surface area contributed by atoms with E-state index in [1.54, 1.807) is 0 Å². The summed E-state index contributed by atoms with van der Waals surface area (Å²) in [6.45, 7) is 6.38. The minimum absolute atomic E-state index is 0.293. The lowest BCUT2D eigenvalue weighted by Gasteiger charge is -2.19. The summed E-state index contributed by atoms with van der Waals surface area (Å²) in [6.07, 6.45) is 7.58. The normalized spacial score (nSPS) is 17.4. The van der Waals surface area contributed by atoms with Gasteiger partial charge in [0.2, 0.25) is 0 Å². The second kappa shape index (κ2) is 6.12. The fourth-order valence-electron chi connectivity index (χ4n) is 2.19. The molecule has 1 aliphatic carbocycles. The minimum Gasteiger partial charge on any atom is -0.444 e. The Hall–Kier alpha value is -0.730. The lowest BCUT2D eigenvalue weighted by molar-refractivity contribution is 0.0526. The molecular weight excluding hydrogens is 202 g/mol. The van der Waals surface area contributed by atoms with Gasteiger partial charge in [-0.3, -0.25) is 0 Å². The molecule has 0 aromatic rings. The van der Waals surface area contributed by atoms with Gasteiger partial charge in [-0.1, -0.05) is 25.7 Å². The van der Waals surface area contributed by atoms with Crippen molar-refractivity contribution in [2.45, 2.75) is 64.9 Å². The number of hydrogen-bond acceptors (Lipinski definition) is 2. The van der Waals surface area contributed by atoms with E-state index in [0.29, 0.717) is 0 Å². The second-order valence-electron chi connectivity index (χ2n) is 5.72. The Balaban J connectivity index is 2.00. The van der Waals surface area contributed by atoms with Gasteiger partial charge in [0.05, 0.1) is 0 Å². The average molecular weight is 227 g/mol. The molecule has 1 amide bonds. The number of hydrogen-bond donors (Lipinski definition) is 1. The average Bonchev–Trinajstić information content (AvgIpc) is 2.62. The van der Waals surface area contributed by atoms with Crippen LogP contribution in [-0.4, -0.2) is 18.2 Å². The van der Waals surface area contributed by atoms with Gasteiger partial charge < -0.3 is 10.1 Å². The van der Waals surface area contributed by atoms with Gasteiger partial charge in [-0.05, 0) is 39.5 Å². The maximum absolute atomic E-state index is 11.3. The second-order valence-corrected chi connectivity index (χ2v) is 5.72. The van der Waals surface area contributed by atoms with E-state index < -0.39 is 5.60 Å². The van der Waals surface area contributed by atoms with Crippen molar-refractivity contribution in [1.29, 1.82) is 0 Å². The highest BCUT2D eigenvalue weighted by molar-refractivity contribution is 5.67. The number of carbonyl (C=O) groups is 1. The van der Waals surface area contributed by atoms with Gasteiger partial charge in [-0.15, -0.1) is 0 Å².